The number of amides is 1. The van der Waals surface area contributed by atoms with Crippen molar-refractivity contribution in [3.05, 3.63) is 88.0 Å². The van der Waals surface area contributed by atoms with Crippen molar-refractivity contribution in [1.82, 2.24) is 9.88 Å². The number of aromatic nitrogens is 1. The SMILES string of the molecule is CC(=O)OCCCC(=O)N(Cc1cc(C(F)(F)F)cc(C(F)(F)F)c1)Cc1c(-c2ccc(F)cc2)ccnc1Cl. The number of halogens is 8. The Labute approximate surface area is 229 Å². The predicted octanol–water partition coefficient (Wildman–Crippen LogP) is 7.45. The van der Waals surface area contributed by atoms with Crippen LogP contribution in [0.2, 0.25) is 5.15 Å². The van der Waals surface area contributed by atoms with Crippen LogP contribution in [0.4, 0.5) is 30.7 Å². The molecule has 0 saturated carbocycles. The molecule has 0 spiro atoms. The van der Waals surface area contributed by atoms with E-state index in [1.54, 1.807) is 0 Å². The summed E-state index contributed by atoms with van der Waals surface area (Å²) >= 11 is 6.32. The van der Waals surface area contributed by atoms with E-state index in [2.05, 4.69) is 4.98 Å². The molecule has 1 aromatic heterocycles. The number of rotatable bonds is 9. The summed E-state index contributed by atoms with van der Waals surface area (Å²) in [6, 6.07) is 7.87. The van der Waals surface area contributed by atoms with Crippen LogP contribution >= 0.6 is 11.6 Å². The topological polar surface area (TPSA) is 59.5 Å². The molecule has 1 heterocycles. The van der Waals surface area contributed by atoms with E-state index in [4.69, 9.17) is 16.3 Å². The van der Waals surface area contributed by atoms with Crippen molar-refractivity contribution in [2.75, 3.05) is 6.61 Å². The summed E-state index contributed by atoms with van der Waals surface area (Å²) in [7, 11) is 0. The highest BCUT2D eigenvalue weighted by Gasteiger charge is 2.37. The van der Waals surface area contributed by atoms with Crippen molar-refractivity contribution in [2.24, 2.45) is 0 Å². The second kappa shape index (κ2) is 12.7. The molecule has 0 aliphatic rings. The average molecular weight is 591 g/mol. The number of nitrogens with zero attached hydrogens (tertiary/aromatic N) is 2. The van der Waals surface area contributed by atoms with Gasteiger partial charge in [-0.2, -0.15) is 26.3 Å². The van der Waals surface area contributed by atoms with Crippen LogP contribution in [0.15, 0.2) is 54.7 Å². The van der Waals surface area contributed by atoms with E-state index in [-0.39, 0.29) is 42.8 Å². The Morgan fingerprint density at radius 1 is 0.925 bits per heavy atom. The molecule has 0 unspecified atom stereocenters. The second-order valence-corrected chi connectivity index (χ2v) is 9.10. The number of pyridine rings is 1. The highest BCUT2D eigenvalue weighted by atomic mass is 35.5. The summed E-state index contributed by atoms with van der Waals surface area (Å²) < 4.78 is 98.9. The molecule has 0 aliphatic carbocycles. The number of hydrogen-bond donors (Lipinski definition) is 0. The van der Waals surface area contributed by atoms with Gasteiger partial charge in [0.05, 0.1) is 17.7 Å². The zero-order valence-electron chi connectivity index (χ0n) is 20.9. The molecule has 214 valence electrons. The smallest absolute Gasteiger partial charge is 0.416 e. The lowest BCUT2D eigenvalue weighted by molar-refractivity contribution is -0.144. The molecule has 0 atom stereocenters. The summed E-state index contributed by atoms with van der Waals surface area (Å²) in [5, 5.41) is -0.0699. The molecule has 40 heavy (non-hydrogen) atoms. The van der Waals surface area contributed by atoms with E-state index in [0.29, 0.717) is 23.3 Å². The van der Waals surface area contributed by atoms with Crippen molar-refractivity contribution < 1.29 is 45.1 Å². The Bertz CT molecular complexity index is 1330. The molecule has 0 bridgehead atoms. The number of carbonyl (C=O) groups is 2. The molecule has 0 saturated heterocycles. The molecule has 3 rings (SSSR count). The molecular formula is C27H22ClF7N2O3. The Morgan fingerprint density at radius 2 is 1.52 bits per heavy atom. The lowest BCUT2D eigenvalue weighted by atomic mass is 10.0. The van der Waals surface area contributed by atoms with Crippen LogP contribution in [0.1, 0.15) is 42.0 Å². The molecule has 0 N–H and O–H groups in total. The van der Waals surface area contributed by atoms with Gasteiger partial charge in [0.2, 0.25) is 5.91 Å². The highest BCUT2D eigenvalue weighted by Crippen LogP contribution is 2.37. The van der Waals surface area contributed by atoms with Crippen LogP contribution < -0.4 is 0 Å². The third-order valence-corrected chi connectivity index (χ3v) is 6.05. The normalized spacial score (nSPS) is 11.8. The first kappa shape index (κ1) is 30.9. The fourth-order valence-electron chi connectivity index (χ4n) is 3.87. The minimum atomic E-state index is -5.07. The molecular weight excluding hydrogens is 569 g/mol. The van der Waals surface area contributed by atoms with Crippen LogP contribution in [0.5, 0.6) is 0 Å². The fourth-order valence-corrected chi connectivity index (χ4v) is 4.09. The van der Waals surface area contributed by atoms with E-state index in [9.17, 15) is 40.3 Å². The largest absolute Gasteiger partial charge is 0.466 e. The summed E-state index contributed by atoms with van der Waals surface area (Å²) in [6.07, 6.45) is -8.97. The number of benzene rings is 2. The molecule has 5 nitrogen and oxygen atoms in total. The van der Waals surface area contributed by atoms with Gasteiger partial charge >= 0.3 is 18.3 Å². The maximum Gasteiger partial charge on any atom is 0.416 e. The number of ether oxygens (including phenoxy) is 1. The van der Waals surface area contributed by atoms with Crippen molar-refractivity contribution >= 4 is 23.5 Å². The van der Waals surface area contributed by atoms with Crippen LogP contribution in [0.3, 0.4) is 0 Å². The summed E-state index contributed by atoms with van der Waals surface area (Å²) in [4.78, 5) is 29.2. The van der Waals surface area contributed by atoms with Gasteiger partial charge in [0.25, 0.3) is 0 Å². The Morgan fingerprint density at radius 3 is 2.08 bits per heavy atom. The summed E-state index contributed by atoms with van der Waals surface area (Å²) in [6.45, 7) is 0.0728. The van der Waals surface area contributed by atoms with E-state index in [1.165, 1.54) is 43.5 Å². The van der Waals surface area contributed by atoms with Gasteiger partial charge in [-0.15, -0.1) is 0 Å². The number of esters is 1. The van der Waals surface area contributed by atoms with Crippen LogP contribution in [-0.4, -0.2) is 28.4 Å². The van der Waals surface area contributed by atoms with Gasteiger partial charge in [0, 0.05) is 38.2 Å². The van der Waals surface area contributed by atoms with Crippen LogP contribution in [0, 0.1) is 5.82 Å². The quantitative estimate of drug-likeness (QED) is 0.112. The second-order valence-electron chi connectivity index (χ2n) is 8.74. The summed E-state index contributed by atoms with van der Waals surface area (Å²) in [5.74, 6) is -1.75. The first-order valence-electron chi connectivity index (χ1n) is 11.7. The molecule has 3 aromatic rings. The minimum absolute atomic E-state index is 0.000613. The van der Waals surface area contributed by atoms with Crippen LogP contribution in [0.25, 0.3) is 11.1 Å². The lowest BCUT2D eigenvalue weighted by Gasteiger charge is -2.26. The van der Waals surface area contributed by atoms with E-state index < -0.39 is 53.3 Å². The number of carbonyl (C=O) groups excluding carboxylic acids is 2. The molecule has 13 heteroatoms. The van der Waals surface area contributed by atoms with E-state index in [0.717, 1.165) is 4.90 Å². The lowest BCUT2D eigenvalue weighted by Crippen LogP contribution is -2.31. The Kier molecular flexibility index (Phi) is 9.78. The average Bonchev–Trinajstić information content (AvgIpc) is 2.86. The third kappa shape index (κ3) is 8.41. The third-order valence-electron chi connectivity index (χ3n) is 5.72. The highest BCUT2D eigenvalue weighted by molar-refractivity contribution is 6.30. The Balaban J connectivity index is 2.03. The molecule has 0 aliphatic heterocycles. The number of hydrogen-bond acceptors (Lipinski definition) is 4. The maximum atomic E-state index is 13.5. The van der Waals surface area contributed by atoms with Crippen molar-refractivity contribution in [1.29, 1.82) is 0 Å². The van der Waals surface area contributed by atoms with E-state index >= 15 is 0 Å². The molecule has 2 aromatic carbocycles. The van der Waals surface area contributed by atoms with Gasteiger partial charge < -0.3 is 9.64 Å². The van der Waals surface area contributed by atoms with Gasteiger partial charge in [-0.25, -0.2) is 9.37 Å². The minimum Gasteiger partial charge on any atom is -0.466 e. The van der Waals surface area contributed by atoms with Crippen molar-refractivity contribution in [3.63, 3.8) is 0 Å². The zero-order valence-corrected chi connectivity index (χ0v) is 21.6. The standard InChI is InChI=1S/C27H22ClF7N2O3/c1-16(38)40-10-2-3-24(39)37(14-17-11-19(26(30,31)32)13-20(12-17)27(33,34)35)15-23-22(8-9-36-25(23)28)18-4-6-21(29)7-5-18/h4-9,11-13H,2-3,10,14-15H2,1H3. The van der Waals surface area contributed by atoms with Gasteiger partial charge in [-0.1, -0.05) is 23.7 Å². The fraction of sp³-hybridized carbons (Fsp3) is 0.296. The van der Waals surface area contributed by atoms with E-state index in [1.807, 2.05) is 0 Å². The predicted molar refractivity (Wildman–Crippen MR) is 131 cm³/mol. The van der Waals surface area contributed by atoms with Crippen molar-refractivity contribution in [2.45, 2.75) is 45.2 Å². The van der Waals surface area contributed by atoms with Crippen LogP contribution in [-0.2, 0) is 39.8 Å². The monoisotopic (exact) mass is 590 g/mol. The van der Waals surface area contributed by atoms with Gasteiger partial charge in [0.15, 0.2) is 0 Å². The maximum absolute atomic E-state index is 13.5. The molecule has 0 radical (unpaired) electrons. The Hall–Kier alpha value is -3.67. The first-order chi connectivity index (χ1) is 18.6. The van der Waals surface area contributed by atoms with Gasteiger partial charge in [-0.3, -0.25) is 9.59 Å². The molecule has 1 amide bonds. The number of alkyl halides is 6. The van der Waals surface area contributed by atoms with Gasteiger partial charge in [-0.05, 0) is 59.5 Å². The first-order valence-corrected chi connectivity index (χ1v) is 12.1. The van der Waals surface area contributed by atoms with Gasteiger partial charge in [0.1, 0.15) is 11.0 Å². The zero-order chi connectivity index (χ0) is 29.7. The summed E-state index contributed by atoms with van der Waals surface area (Å²) in [5.41, 5.74) is -2.30. The van der Waals surface area contributed by atoms with Crippen molar-refractivity contribution in [3.8, 4) is 11.1 Å². The molecule has 0 fully saturated rings.